The molecule has 1 saturated heterocycles. The predicted molar refractivity (Wildman–Crippen MR) is 61.9 cm³/mol. The van der Waals surface area contributed by atoms with Gasteiger partial charge in [0.25, 0.3) is 0 Å². The zero-order valence-electron chi connectivity index (χ0n) is 9.98. The second-order valence-electron chi connectivity index (χ2n) is 3.42. The predicted octanol–water partition coefficient (Wildman–Crippen LogP) is 1.93. The molecule has 0 N–H and O–H groups in total. The average molecular weight is 249 g/mol. The molecule has 0 aromatic carbocycles. The minimum atomic E-state index is -1.36. The standard InChI is InChI=1S/C10H20NO4P/c1-3-13-16(14-4-2)15-9-10(12)11-7-5-6-8-11/h3-9H2,1-2H3. The van der Waals surface area contributed by atoms with Crippen molar-refractivity contribution in [3.63, 3.8) is 0 Å². The van der Waals surface area contributed by atoms with E-state index in [2.05, 4.69) is 0 Å². The molecule has 0 radical (unpaired) electrons. The molecule has 1 rings (SSSR count). The van der Waals surface area contributed by atoms with Crippen LogP contribution in [0, 0.1) is 0 Å². The fourth-order valence-corrected chi connectivity index (χ4v) is 2.35. The Balaban J connectivity index is 2.21. The molecule has 1 heterocycles. The van der Waals surface area contributed by atoms with E-state index in [0.717, 1.165) is 25.9 Å². The van der Waals surface area contributed by atoms with Gasteiger partial charge in [0.05, 0.1) is 13.2 Å². The van der Waals surface area contributed by atoms with Crippen molar-refractivity contribution in [2.45, 2.75) is 26.7 Å². The first-order valence-electron chi connectivity index (χ1n) is 5.74. The van der Waals surface area contributed by atoms with Crippen LogP contribution in [0.15, 0.2) is 0 Å². The summed E-state index contributed by atoms with van der Waals surface area (Å²) < 4.78 is 15.8. The lowest BCUT2D eigenvalue weighted by molar-refractivity contribution is -0.132. The Morgan fingerprint density at radius 3 is 2.19 bits per heavy atom. The third-order valence-corrected chi connectivity index (χ3v) is 3.50. The minimum absolute atomic E-state index is 0.0319. The topological polar surface area (TPSA) is 48.0 Å². The van der Waals surface area contributed by atoms with Gasteiger partial charge in [-0.1, -0.05) is 0 Å². The van der Waals surface area contributed by atoms with E-state index in [0.29, 0.717) is 13.2 Å². The van der Waals surface area contributed by atoms with Gasteiger partial charge in [-0.3, -0.25) is 4.79 Å². The van der Waals surface area contributed by atoms with Gasteiger partial charge in [-0.25, -0.2) is 0 Å². The first-order chi connectivity index (χ1) is 7.77. The van der Waals surface area contributed by atoms with Gasteiger partial charge in [0.1, 0.15) is 6.61 Å². The second-order valence-corrected chi connectivity index (χ2v) is 4.64. The lowest BCUT2D eigenvalue weighted by atomic mass is 10.4. The Morgan fingerprint density at radius 1 is 1.12 bits per heavy atom. The van der Waals surface area contributed by atoms with Gasteiger partial charge in [-0.2, -0.15) is 0 Å². The number of hydrogen-bond acceptors (Lipinski definition) is 4. The molecule has 0 spiro atoms. The number of carbonyl (C=O) groups excluding carboxylic acids is 1. The summed E-state index contributed by atoms with van der Waals surface area (Å²) in [5, 5.41) is 0. The van der Waals surface area contributed by atoms with E-state index >= 15 is 0 Å². The number of rotatable bonds is 7. The van der Waals surface area contributed by atoms with E-state index in [1.165, 1.54) is 0 Å². The molecule has 0 atom stereocenters. The molecule has 0 aromatic heterocycles. The monoisotopic (exact) mass is 249 g/mol. The van der Waals surface area contributed by atoms with Crippen molar-refractivity contribution >= 4 is 14.5 Å². The van der Waals surface area contributed by atoms with E-state index < -0.39 is 8.60 Å². The van der Waals surface area contributed by atoms with E-state index in [9.17, 15) is 4.79 Å². The lowest BCUT2D eigenvalue weighted by Gasteiger charge is -2.18. The largest absolute Gasteiger partial charge is 0.341 e. The fourth-order valence-electron chi connectivity index (χ4n) is 1.49. The average Bonchev–Trinajstić information content (AvgIpc) is 2.79. The molecule has 1 aliphatic heterocycles. The van der Waals surface area contributed by atoms with Gasteiger partial charge in [0, 0.05) is 13.1 Å². The number of carbonyl (C=O) groups is 1. The highest BCUT2D eigenvalue weighted by molar-refractivity contribution is 7.41. The minimum Gasteiger partial charge on any atom is -0.341 e. The van der Waals surface area contributed by atoms with Crippen molar-refractivity contribution in [1.29, 1.82) is 0 Å². The maximum Gasteiger partial charge on any atom is 0.333 e. The summed E-state index contributed by atoms with van der Waals surface area (Å²) in [6, 6.07) is 0. The maximum absolute atomic E-state index is 11.7. The van der Waals surface area contributed by atoms with Crippen molar-refractivity contribution in [1.82, 2.24) is 4.90 Å². The molecule has 1 amide bonds. The van der Waals surface area contributed by atoms with Crippen molar-refractivity contribution in [3.05, 3.63) is 0 Å². The van der Waals surface area contributed by atoms with Crippen molar-refractivity contribution in [2.75, 3.05) is 32.9 Å². The van der Waals surface area contributed by atoms with Gasteiger partial charge in [0.15, 0.2) is 0 Å². The molecule has 0 aliphatic carbocycles. The molecular weight excluding hydrogens is 229 g/mol. The van der Waals surface area contributed by atoms with Crippen LogP contribution in [0.25, 0.3) is 0 Å². The zero-order chi connectivity index (χ0) is 11.8. The summed E-state index contributed by atoms with van der Waals surface area (Å²) in [4.78, 5) is 13.5. The molecule has 1 fully saturated rings. The molecule has 0 saturated carbocycles. The zero-order valence-corrected chi connectivity index (χ0v) is 10.9. The third kappa shape index (κ3) is 4.74. The van der Waals surface area contributed by atoms with Crippen LogP contribution in [-0.4, -0.2) is 43.7 Å². The first-order valence-corrected chi connectivity index (χ1v) is 6.84. The van der Waals surface area contributed by atoms with Crippen molar-refractivity contribution in [3.8, 4) is 0 Å². The van der Waals surface area contributed by atoms with Gasteiger partial charge in [0.2, 0.25) is 5.91 Å². The van der Waals surface area contributed by atoms with Crippen LogP contribution in [0.1, 0.15) is 26.7 Å². The molecule has 94 valence electrons. The van der Waals surface area contributed by atoms with Crippen LogP contribution >= 0.6 is 8.60 Å². The van der Waals surface area contributed by atoms with Crippen molar-refractivity contribution < 1.29 is 18.4 Å². The summed E-state index contributed by atoms with van der Waals surface area (Å²) in [6.07, 6.45) is 2.19. The highest BCUT2D eigenvalue weighted by Gasteiger charge is 2.20. The second kappa shape index (κ2) is 7.96. The SMILES string of the molecule is CCOP(OCC)OCC(=O)N1CCCC1. The van der Waals surface area contributed by atoms with Crippen LogP contribution < -0.4 is 0 Å². The molecule has 6 heteroatoms. The summed E-state index contributed by atoms with van der Waals surface area (Å²) in [5.74, 6) is 0.0319. The highest BCUT2D eigenvalue weighted by Crippen LogP contribution is 2.39. The highest BCUT2D eigenvalue weighted by atomic mass is 31.2. The van der Waals surface area contributed by atoms with E-state index in [1.807, 2.05) is 18.7 Å². The van der Waals surface area contributed by atoms with Gasteiger partial charge < -0.3 is 18.5 Å². The third-order valence-electron chi connectivity index (χ3n) is 2.22. The Labute approximate surface area is 98.0 Å². The van der Waals surface area contributed by atoms with Crippen LogP contribution in [0.5, 0.6) is 0 Å². The Morgan fingerprint density at radius 2 is 1.69 bits per heavy atom. The number of nitrogens with zero attached hydrogens (tertiary/aromatic N) is 1. The number of hydrogen-bond donors (Lipinski definition) is 0. The molecule has 5 nitrogen and oxygen atoms in total. The van der Waals surface area contributed by atoms with E-state index in [4.69, 9.17) is 13.6 Å². The van der Waals surface area contributed by atoms with Crippen molar-refractivity contribution in [2.24, 2.45) is 0 Å². The molecule has 0 aromatic rings. The quantitative estimate of drug-likeness (QED) is 0.647. The van der Waals surface area contributed by atoms with Crippen LogP contribution in [-0.2, 0) is 18.4 Å². The van der Waals surface area contributed by atoms with Gasteiger partial charge >= 0.3 is 8.60 Å². The summed E-state index contributed by atoms with van der Waals surface area (Å²) >= 11 is 0. The number of amides is 1. The fraction of sp³-hybridized carbons (Fsp3) is 0.900. The molecule has 1 aliphatic rings. The molecule has 0 unspecified atom stereocenters. The molecule has 0 bridgehead atoms. The Kier molecular flexibility index (Phi) is 6.88. The van der Waals surface area contributed by atoms with Crippen LogP contribution in [0.3, 0.4) is 0 Å². The summed E-state index contributed by atoms with van der Waals surface area (Å²) in [5.41, 5.74) is 0. The number of likely N-dealkylation sites (tertiary alicyclic amines) is 1. The summed E-state index contributed by atoms with van der Waals surface area (Å²) in [6.45, 7) is 6.58. The summed E-state index contributed by atoms with van der Waals surface area (Å²) in [7, 11) is -1.36. The molecule has 16 heavy (non-hydrogen) atoms. The van der Waals surface area contributed by atoms with Gasteiger partial charge in [-0.05, 0) is 26.7 Å². The Bertz CT molecular complexity index is 203. The van der Waals surface area contributed by atoms with Crippen LogP contribution in [0.4, 0.5) is 0 Å². The first kappa shape index (κ1) is 13.8. The normalized spacial score (nSPS) is 16.1. The van der Waals surface area contributed by atoms with E-state index in [1.54, 1.807) is 0 Å². The maximum atomic E-state index is 11.7. The van der Waals surface area contributed by atoms with E-state index in [-0.39, 0.29) is 12.5 Å². The van der Waals surface area contributed by atoms with Gasteiger partial charge in [-0.15, -0.1) is 0 Å². The van der Waals surface area contributed by atoms with Crippen LogP contribution in [0.2, 0.25) is 0 Å². The smallest absolute Gasteiger partial charge is 0.333 e. The lowest BCUT2D eigenvalue weighted by Crippen LogP contribution is -2.30. The molecular formula is C10H20NO4P. The Hall–Kier alpha value is -0.220.